The molecule has 5 heteroatoms. The predicted octanol–water partition coefficient (Wildman–Crippen LogP) is 5.12. The van der Waals surface area contributed by atoms with E-state index in [4.69, 9.17) is 9.15 Å². The third-order valence-corrected chi connectivity index (χ3v) is 4.19. The van der Waals surface area contributed by atoms with Gasteiger partial charge < -0.3 is 9.15 Å². The van der Waals surface area contributed by atoms with E-state index in [0.717, 1.165) is 11.1 Å². The molecule has 0 radical (unpaired) electrons. The van der Waals surface area contributed by atoms with Crippen LogP contribution in [-0.2, 0) is 16.1 Å². The molecule has 3 rings (SSSR count). The number of hydrogen-bond acceptors (Lipinski definition) is 5. The highest BCUT2D eigenvalue weighted by Crippen LogP contribution is 2.20. The molecule has 0 saturated carbocycles. The Bertz CT molecular complexity index is 1010. The Morgan fingerprint density at radius 2 is 1.89 bits per heavy atom. The molecule has 0 aliphatic rings. The molecule has 5 nitrogen and oxygen atoms in total. The molecule has 0 amide bonds. The van der Waals surface area contributed by atoms with Crippen molar-refractivity contribution in [3.8, 4) is 17.4 Å². The lowest BCUT2D eigenvalue weighted by Crippen LogP contribution is -2.07. The highest BCUT2D eigenvalue weighted by Gasteiger charge is 2.14. The first-order valence-electron chi connectivity index (χ1n) is 8.96. The Hall–Kier alpha value is -3.65. The van der Waals surface area contributed by atoms with Crippen LogP contribution in [0.3, 0.4) is 0 Å². The van der Waals surface area contributed by atoms with Gasteiger partial charge in [0.25, 0.3) is 0 Å². The topological polar surface area (TPSA) is 76.1 Å². The van der Waals surface area contributed by atoms with Crippen LogP contribution in [0.2, 0.25) is 0 Å². The summed E-state index contributed by atoms with van der Waals surface area (Å²) in [5.74, 6) is 0.564. The number of rotatable bonds is 6. The van der Waals surface area contributed by atoms with Gasteiger partial charge in [-0.25, -0.2) is 9.78 Å². The quantitative estimate of drug-likeness (QED) is 0.341. The Labute approximate surface area is 163 Å². The van der Waals surface area contributed by atoms with Gasteiger partial charge in [-0.15, -0.1) is 0 Å². The second kappa shape index (κ2) is 8.83. The lowest BCUT2D eigenvalue weighted by atomic mass is 10.0. The van der Waals surface area contributed by atoms with E-state index in [1.165, 1.54) is 11.6 Å². The summed E-state index contributed by atoms with van der Waals surface area (Å²) in [6.07, 6.45) is 3.09. The number of oxazole rings is 1. The monoisotopic (exact) mass is 372 g/mol. The fourth-order valence-corrected chi connectivity index (χ4v) is 2.60. The van der Waals surface area contributed by atoms with E-state index in [1.54, 1.807) is 6.20 Å². The molecule has 0 bridgehead atoms. The number of ether oxygens (including phenoxy) is 1. The Balaban J connectivity index is 1.64. The standard InChI is InChI=1S/C23H20N2O3/c1-16(2)18-10-8-17(9-11-18)12-20(13-24)23(26)27-15-22-25-14-21(28-22)19-6-4-3-5-7-19/h3-12,14,16H,15H2,1-2H3/b20-12+. The summed E-state index contributed by atoms with van der Waals surface area (Å²) in [7, 11) is 0. The zero-order chi connectivity index (χ0) is 19.9. The van der Waals surface area contributed by atoms with E-state index in [-0.39, 0.29) is 18.1 Å². The number of hydrogen-bond donors (Lipinski definition) is 0. The van der Waals surface area contributed by atoms with Crippen molar-refractivity contribution in [2.45, 2.75) is 26.4 Å². The SMILES string of the molecule is CC(C)c1ccc(/C=C(\C#N)C(=O)OCc2ncc(-c3ccccc3)o2)cc1. The Morgan fingerprint density at radius 3 is 2.54 bits per heavy atom. The molecule has 1 aromatic heterocycles. The number of carbonyl (C=O) groups excluding carboxylic acids is 1. The molecule has 28 heavy (non-hydrogen) atoms. The maximum Gasteiger partial charge on any atom is 0.349 e. The molecular weight excluding hydrogens is 352 g/mol. The van der Waals surface area contributed by atoms with Crippen LogP contribution in [0.1, 0.15) is 36.8 Å². The average molecular weight is 372 g/mol. The van der Waals surface area contributed by atoms with Gasteiger partial charge in [0.1, 0.15) is 11.6 Å². The van der Waals surface area contributed by atoms with E-state index in [1.807, 2.05) is 60.7 Å². The summed E-state index contributed by atoms with van der Waals surface area (Å²) in [6.45, 7) is 4.07. The van der Waals surface area contributed by atoms with Gasteiger partial charge in [-0.05, 0) is 23.1 Å². The zero-order valence-electron chi connectivity index (χ0n) is 15.8. The molecule has 3 aromatic rings. The van der Waals surface area contributed by atoms with Crippen molar-refractivity contribution in [2.24, 2.45) is 0 Å². The predicted molar refractivity (Wildman–Crippen MR) is 106 cm³/mol. The number of aromatic nitrogens is 1. The van der Waals surface area contributed by atoms with Crippen molar-refractivity contribution in [3.05, 3.63) is 83.4 Å². The van der Waals surface area contributed by atoms with Gasteiger partial charge in [0.15, 0.2) is 12.4 Å². The summed E-state index contributed by atoms with van der Waals surface area (Å²) >= 11 is 0. The Kier molecular flexibility index (Phi) is 6.03. The summed E-state index contributed by atoms with van der Waals surface area (Å²) in [5.41, 5.74) is 2.76. The highest BCUT2D eigenvalue weighted by molar-refractivity contribution is 5.97. The fraction of sp³-hybridized carbons (Fsp3) is 0.174. The molecule has 140 valence electrons. The van der Waals surface area contributed by atoms with Crippen molar-refractivity contribution in [1.82, 2.24) is 4.98 Å². The van der Waals surface area contributed by atoms with Gasteiger partial charge in [0.05, 0.1) is 6.20 Å². The second-order valence-electron chi connectivity index (χ2n) is 6.55. The van der Waals surface area contributed by atoms with Crippen molar-refractivity contribution in [2.75, 3.05) is 0 Å². The number of nitrogens with zero attached hydrogens (tertiary/aromatic N) is 2. The van der Waals surface area contributed by atoms with Crippen molar-refractivity contribution < 1.29 is 13.9 Å². The highest BCUT2D eigenvalue weighted by atomic mass is 16.5. The molecule has 1 heterocycles. The largest absolute Gasteiger partial charge is 0.452 e. The molecular formula is C23H20N2O3. The van der Waals surface area contributed by atoms with Crippen molar-refractivity contribution in [1.29, 1.82) is 5.26 Å². The molecule has 2 aromatic carbocycles. The van der Waals surface area contributed by atoms with Gasteiger partial charge in [0, 0.05) is 5.56 Å². The average Bonchev–Trinajstić information content (AvgIpc) is 3.20. The molecule has 0 unspecified atom stereocenters. The van der Waals surface area contributed by atoms with Crippen LogP contribution in [0, 0.1) is 11.3 Å². The molecule has 0 N–H and O–H groups in total. The number of benzene rings is 2. The maximum atomic E-state index is 12.2. The minimum atomic E-state index is -0.713. The van der Waals surface area contributed by atoms with Crippen LogP contribution in [0.15, 0.2) is 70.8 Å². The van der Waals surface area contributed by atoms with Gasteiger partial charge in [0.2, 0.25) is 5.89 Å². The van der Waals surface area contributed by atoms with Gasteiger partial charge in [-0.2, -0.15) is 5.26 Å². The lowest BCUT2D eigenvalue weighted by Gasteiger charge is -2.05. The van der Waals surface area contributed by atoms with E-state index in [0.29, 0.717) is 11.7 Å². The minimum absolute atomic E-state index is 0.0767. The van der Waals surface area contributed by atoms with E-state index < -0.39 is 5.97 Å². The summed E-state index contributed by atoms with van der Waals surface area (Å²) in [4.78, 5) is 16.3. The number of carbonyl (C=O) groups is 1. The van der Waals surface area contributed by atoms with Crippen LogP contribution < -0.4 is 0 Å². The van der Waals surface area contributed by atoms with Gasteiger partial charge >= 0.3 is 5.97 Å². The first kappa shape index (κ1) is 19.1. The summed E-state index contributed by atoms with van der Waals surface area (Å²) in [5, 5.41) is 9.29. The maximum absolute atomic E-state index is 12.2. The lowest BCUT2D eigenvalue weighted by molar-refractivity contribution is -0.140. The number of esters is 1. The first-order valence-corrected chi connectivity index (χ1v) is 8.96. The molecule has 0 fully saturated rings. The van der Waals surface area contributed by atoms with Crippen molar-refractivity contribution in [3.63, 3.8) is 0 Å². The summed E-state index contributed by atoms with van der Waals surface area (Å²) in [6, 6.07) is 19.1. The zero-order valence-corrected chi connectivity index (χ0v) is 15.8. The molecule has 0 atom stereocenters. The van der Waals surface area contributed by atoms with Crippen LogP contribution in [0.4, 0.5) is 0 Å². The molecule has 0 aliphatic carbocycles. The van der Waals surface area contributed by atoms with Crippen LogP contribution in [0.25, 0.3) is 17.4 Å². The normalized spacial score (nSPS) is 11.3. The molecule has 0 aliphatic heterocycles. The molecule has 0 saturated heterocycles. The van der Waals surface area contributed by atoms with E-state index in [2.05, 4.69) is 18.8 Å². The van der Waals surface area contributed by atoms with Crippen LogP contribution >= 0.6 is 0 Å². The van der Waals surface area contributed by atoms with E-state index in [9.17, 15) is 10.1 Å². The Morgan fingerprint density at radius 1 is 1.18 bits per heavy atom. The van der Waals surface area contributed by atoms with Gasteiger partial charge in [-0.1, -0.05) is 68.4 Å². The third-order valence-electron chi connectivity index (χ3n) is 4.19. The van der Waals surface area contributed by atoms with Crippen LogP contribution in [0.5, 0.6) is 0 Å². The van der Waals surface area contributed by atoms with Crippen molar-refractivity contribution >= 4 is 12.0 Å². The first-order chi connectivity index (χ1) is 13.6. The van der Waals surface area contributed by atoms with E-state index >= 15 is 0 Å². The van der Waals surface area contributed by atoms with Crippen LogP contribution in [-0.4, -0.2) is 11.0 Å². The number of nitriles is 1. The molecule has 0 spiro atoms. The summed E-state index contributed by atoms with van der Waals surface area (Å²) < 4.78 is 10.8. The smallest absolute Gasteiger partial charge is 0.349 e. The second-order valence-corrected chi connectivity index (χ2v) is 6.55. The van der Waals surface area contributed by atoms with Gasteiger partial charge in [-0.3, -0.25) is 0 Å². The third kappa shape index (κ3) is 4.74. The fourth-order valence-electron chi connectivity index (χ4n) is 2.60. The minimum Gasteiger partial charge on any atom is -0.452 e.